The number of halogens is 1. The van der Waals surface area contributed by atoms with E-state index in [1.165, 1.54) is 17.3 Å². The van der Waals surface area contributed by atoms with Crippen LogP contribution in [0, 0.1) is 5.92 Å². The van der Waals surface area contributed by atoms with Crippen molar-refractivity contribution in [3.05, 3.63) is 54.1 Å². The predicted molar refractivity (Wildman–Crippen MR) is 113 cm³/mol. The summed E-state index contributed by atoms with van der Waals surface area (Å²) in [6.07, 6.45) is 3.08. The van der Waals surface area contributed by atoms with E-state index in [-0.39, 0.29) is 24.8 Å². The summed E-state index contributed by atoms with van der Waals surface area (Å²) in [7, 11) is 0. The molecule has 2 aliphatic rings. The molecule has 0 radical (unpaired) electrons. The van der Waals surface area contributed by atoms with Crippen molar-refractivity contribution in [3.8, 4) is 17.2 Å². The van der Waals surface area contributed by atoms with Crippen LogP contribution < -0.4 is 19.7 Å². The highest BCUT2D eigenvalue weighted by Gasteiger charge is 2.35. The van der Waals surface area contributed by atoms with Crippen molar-refractivity contribution in [1.82, 2.24) is 14.8 Å². The number of ether oxygens (including phenoxy) is 2. The lowest BCUT2D eigenvalue weighted by Gasteiger charge is -2.22. The fraction of sp³-hybridized carbons (Fsp3) is 0.238. The summed E-state index contributed by atoms with van der Waals surface area (Å²) >= 11 is 6.32. The van der Waals surface area contributed by atoms with Crippen LogP contribution in [0.5, 0.6) is 11.5 Å². The SMILES string of the molecule is O=C(Nc1ccc(-n2cncn2)c(Cl)c1)[C@H]1CC(=O)N(c2ccc3c(c2)OCCO3)C1. The number of fused-ring (bicyclic) bond motifs is 1. The van der Waals surface area contributed by atoms with Gasteiger partial charge in [-0.05, 0) is 30.3 Å². The number of rotatable bonds is 4. The van der Waals surface area contributed by atoms with Crippen LogP contribution >= 0.6 is 11.6 Å². The second-order valence-corrected chi connectivity index (χ2v) is 7.64. The number of nitrogens with zero attached hydrogens (tertiary/aromatic N) is 4. The number of carbonyl (C=O) groups excluding carboxylic acids is 2. The molecule has 1 N–H and O–H groups in total. The molecule has 1 saturated heterocycles. The highest BCUT2D eigenvalue weighted by molar-refractivity contribution is 6.32. The van der Waals surface area contributed by atoms with Gasteiger partial charge in [0.2, 0.25) is 11.8 Å². The number of nitrogens with one attached hydrogen (secondary N) is 1. The Morgan fingerprint density at radius 3 is 2.74 bits per heavy atom. The number of amides is 2. The van der Waals surface area contributed by atoms with Crippen molar-refractivity contribution in [1.29, 1.82) is 0 Å². The highest BCUT2D eigenvalue weighted by Crippen LogP contribution is 2.36. The summed E-state index contributed by atoms with van der Waals surface area (Å²) in [6.45, 7) is 1.25. The first kappa shape index (κ1) is 19.4. The largest absolute Gasteiger partial charge is 0.486 e. The maximum absolute atomic E-state index is 12.8. The summed E-state index contributed by atoms with van der Waals surface area (Å²) in [5.41, 5.74) is 1.88. The van der Waals surface area contributed by atoms with E-state index in [9.17, 15) is 9.59 Å². The third-order valence-electron chi connectivity index (χ3n) is 5.21. The van der Waals surface area contributed by atoms with Crippen LogP contribution in [-0.4, -0.2) is 46.3 Å². The first-order valence-electron chi connectivity index (χ1n) is 9.74. The van der Waals surface area contributed by atoms with Gasteiger partial charge >= 0.3 is 0 Å². The number of aromatic nitrogens is 3. The molecule has 0 saturated carbocycles. The molecule has 1 atom stereocenters. The maximum Gasteiger partial charge on any atom is 0.229 e. The van der Waals surface area contributed by atoms with E-state index in [0.717, 1.165) is 0 Å². The molecule has 3 aromatic rings. The molecule has 0 bridgehead atoms. The fourth-order valence-electron chi connectivity index (χ4n) is 3.68. The Morgan fingerprint density at radius 2 is 1.97 bits per heavy atom. The van der Waals surface area contributed by atoms with Crippen molar-refractivity contribution in [2.75, 3.05) is 30.0 Å². The molecular weight excluding hydrogens is 422 g/mol. The maximum atomic E-state index is 12.8. The Balaban J connectivity index is 1.28. The van der Waals surface area contributed by atoms with Crippen LogP contribution in [0.3, 0.4) is 0 Å². The topological polar surface area (TPSA) is 98.6 Å². The van der Waals surface area contributed by atoms with Crippen LogP contribution in [-0.2, 0) is 9.59 Å². The molecule has 0 aliphatic carbocycles. The fourth-order valence-corrected chi connectivity index (χ4v) is 3.95. The summed E-state index contributed by atoms with van der Waals surface area (Å²) in [5, 5.41) is 7.31. The van der Waals surface area contributed by atoms with Gasteiger partial charge in [-0.2, -0.15) is 5.10 Å². The van der Waals surface area contributed by atoms with Gasteiger partial charge in [-0.3, -0.25) is 9.59 Å². The lowest BCUT2D eigenvalue weighted by molar-refractivity contribution is -0.122. The first-order valence-corrected chi connectivity index (χ1v) is 10.1. The molecule has 158 valence electrons. The van der Waals surface area contributed by atoms with Gasteiger partial charge in [0.15, 0.2) is 11.5 Å². The number of anilines is 2. The molecule has 5 rings (SSSR count). The third-order valence-corrected chi connectivity index (χ3v) is 5.52. The average Bonchev–Trinajstić information content (AvgIpc) is 3.43. The quantitative estimate of drug-likeness (QED) is 0.671. The Kier molecular flexibility index (Phi) is 4.95. The van der Waals surface area contributed by atoms with E-state index in [1.807, 2.05) is 0 Å². The number of hydrogen-bond donors (Lipinski definition) is 1. The Morgan fingerprint density at radius 1 is 1.13 bits per heavy atom. The molecule has 1 fully saturated rings. The van der Waals surface area contributed by atoms with Gasteiger partial charge in [0.25, 0.3) is 0 Å². The van der Waals surface area contributed by atoms with Crippen LogP contribution in [0.1, 0.15) is 6.42 Å². The molecule has 3 heterocycles. The molecule has 9 nitrogen and oxygen atoms in total. The summed E-state index contributed by atoms with van der Waals surface area (Å²) in [5.74, 6) is 0.428. The molecule has 2 aliphatic heterocycles. The molecular formula is C21H18ClN5O4. The van der Waals surface area contributed by atoms with Gasteiger partial charge < -0.3 is 19.7 Å². The molecule has 10 heteroatoms. The van der Waals surface area contributed by atoms with Crippen LogP contribution in [0.4, 0.5) is 11.4 Å². The minimum atomic E-state index is -0.477. The van der Waals surface area contributed by atoms with E-state index in [4.69, 9.17) is 21.1 Å². The van der Waals surface area contributed by atoms with Crippen molar-refractivity contribution >= 4 is 34.8 Å². The summed E-state index contributed by atoms with van der Waals surface area (Å²) in [6, 6.07) is 10.5. The monoisotopic (exact) mass is 439 g/mol. The van der Waals surface area contributed by atoms with Crippen LogP contribution in [0.15, 0.2) is 49.1 Å². The van der Waals surface area contributed by atoms with E-state index < -0.39 is 5.92 Å². The average molecular weight is 440 g/mol. The molecule has 0 unspecified atom stereocenters. The van der Waals surface area contributed by atoms with Gasteiger partial charge in [-0.15, -0.1) is 0 Å². The first-order chi connectivity index (χ1) is 15.1. The lowest BCUT2D eigenvalue weighted by atomic mass is 10.1. The number of carbonyl (C=O) groups is 2. The van der Waals surface area contributed by atoms with Gasteiger partial charge in [0.05, 0.1) is 16.6 Å². The van der Waals surface area contributed by atoms with Crippen molar-refractivity contribution in [2.45, 2.75) is 6.42 Å². The summed E-state index contributed by atoms with van der Waals surface area (Å²) in [4.78, 5) is 30.9. The predicted octanol–water partition coefficient (Wildman–Crippen LogP) is 2.68. The van der Waals surface area contributed by atoms with E-state index in [1.54, 1.807) is 41.3 Å². The smallest absolute Gasteiger partial charge is 0.229 e. The molecule has 2 amide bonds. The minimum absolute atomic E-state index is 0.114. The Bertz CT molecular complexity index is 1150. The van der Waals surface area contributed by atoms with E-state index >= 15 is 0 Å². The molecule has 0 spiro atoms. The summed E-state index contributed by atoms with van der Waals surface area (Å²) < 4.78 is 12.7. The van der Waals surface area contributed by atoms with Crippen molar-refractivity contribution in [2.24, 2.45) is 5.92 Å². The molecule has 1 aromatic heterocycles. The van der Waals surface area contributed by atoms with E-state index in [0.29, 0.717) is 46.8 Å². The van der Waals surface area contributed by atoms with Crippen molar-refractivity contribution in [3.63, 3.8) is 0 Å². The number of hydrogen-bond acceptors (Lipinski definition) is 6. The second-order valence-electron chi connectivity index (χ2n) is 7.23. The van der Waals surface area contributed by atoms with Gasteiger partial charge in [0.1, 0.15) is 25.9 Å². The zero-order chi connectivity index (χ0) is 21.4. The standard InChI is InChI=1S/C21H18ClN5O4/c22-16-8-14(1-3-17(16)27-12-23-11-24-27)25-21(29)13-7-20(28)26(10-13)15-2-4-18-19(9-15)31-6-5-30-18/h1-4,8-9,11-13H,5-7,10H2,(H,25,29)/t13-/m0/s1. The van der Waals surface area contributed by atoms with Crippen LogP contribution in [0.25, 0.3) is 5.69 Å². The van der Waals surface area contributed by atoms with E-state index in [2.05, 4.69) is 15.4 Å². The van der Waals surface area contributed by atoms with Gasteiger partial charge in [-0.25, -0.2) is 9.67 Å². The zero-order valence-corrected chi connectivity index (χ0v) is 17.1. The molecule has 2 aromatic carbocycles. The van der Waals surface area contributed by atoms with Gasteiger partial charge in [-0.1, -0.05) is 11.6 Å². The normalized spacial score (nSPS) is 17.6. The highest BCUT2D eigenvalue weighted by atomic mass is 35.5. The lowest BCUT2D eigenvalue weighted by Crippen LogP contribution is -2.28. The third kappa shape index (κ3) is 3.79. The van der Waals surface area contributed by atoms with Crippen LogP contribution in [0.2, 0.25) is 5.02 Å². The second kappa shape index (κ2) is 7.92. The van der Waals surface area contributed by atoms with Crippen molar-refractivity contribution < 1.29 is 19.1 Å². The van der Waals surface area contributed by atoms with Gasteiger partial charge in [0, 0.05) is 30.4 Å². The molecule has 31 heavy (non-hydrogen) atoms. The Hall–Kier alpha value is -3.59. The zero-order valence-electron chi connectivity index (χ0n) is 16.3. The Labute approximate surface area is 182 Å². The number of benzene rings is 2. The minimum Gasteiger partial charge on any atom is -0.486 e.